The molecule has 3 heteroatoms. The molecule has 0 aliphatic rings. The number of hydrogen-bond acceptors (Lipinski definition) is 2. The van der Waals surface area contributed by atoms with E-state index < -0.39 is 0 Å². The second-order valence-corrected chi connectivity index (χ2v) is 6.69. The summed E-state index contributed by atoms with van der Waals surface area (Å²) in [5, 5.41) is 6.31. The number of para-hydroxylation sites is 1. The van der Waals surface area contributed by atoms with Gasteiger partial charge in [-0.2, -0.15) is 0 Å². The van der Waals surface area contributed by atoms with Crippen LogP contribution in [0.3, 0.4) is 0 Å². The van der Waals surface area contributed by atoms with Gasteiger partial charge in [0.1, 0.15) is 0 Å². The summed E-state index contributed by atoms with van der Waals surface area (Å²) in [6.45, 7) is 12.5. The molecular formula is C17H28N2O. The van der Waals surface area contributed by atoms with Gasteiger partial charge in [-0.05, 0) is 29.5 Å². The van der Waals surface area contributed by atoms with Crippen LogP contribution >= 0.6 is 0 Å². The van der Waals surface area contributed by atoms with Gasteiger partial charge in [-0.1, -0.05) is 52.8 Å². The van der Waals surface area contributed by atoms with E-state index in [4.69, 9.17) is 0 Å². The van der Waals surface area contributed by atoms with Gasteiger partial charge in [0.15, 0.2) is 0 Å². The Hall–Kier alpha value is -1.35. The molecule has 2 N–H and O–H groups in total. The van der Waals surface area contributed by atoms with Gasteiger partial charge in [-0.25, -0.2) is 0 Å². The second kappa shape index (κ2) is 7.44. The number of carbonyl (C=O) groups excluding carboxylic acids is 1. The highest BCUT2D eigenvalue weighted by Gasteiger charge is 2.18. The normalized spacial score (nSPS) is 11.7. The van der Waals surface area contributed by atoms with Crippen molar-refractivity contribution in [3.8, 4) is 0 Å². The second-order valence-electron chi connectivity index (χ2n) is 6.69. The van der Waals surface area contributed by atoms with Crippen LogP contribution in [0.5, 0.6) is 0 Å². The van der Waals surface area contributed by atoms with E-state index in [1.807, 2.05) is 18.2 Å². The fraction of sp³-hybridized carbons (Fsp3) is 0.588. The summed E-state index contributed by atoms with van der Waals surface area (Å²) < 4.78 is 0. The van der Waals surface area contributed by atoms with E-state index in [9.17, 15) is 4.79 Å². The highest BCUT2D eigenvalue weighted by atomic mass is 16.1. The van der Waals surface area contributed by atoms with Crippen LogP contribution in [0.2, 0.25) is 0 Å². The minimum atomic E-state index is 0.0275. The monoisotopic (exact) mass is 276 g/mol. The number of anilines is 1. The fourth-order valence-corrected chi connectivity index (χ4v) is 2.05. The first-order valence-corrected chi connectivity index (χ1v) is 7.41. The van der Waals surface area contributed by atoms with Crippen molar-refractivity contribution in [2.24, 2.45) is 5.92 Å². The van der Waals surface area contributed by atoms with Crippen LogP contribution in [-0.2, 0) is 10.2 Å². The maximum Gasteiger partial charge on any atom is 0.225 e. The highest BCUT2D eigenvalue weighted by molar-refractivity contribution is 5.91. The SMILES string of the molecule is CC(C)CNCCC(=O)Nc1ccccc1C(C)(C)C. The van der Waals surface area contributed by atoms with Gasteiger partial charge in [0.2, 0.25) is 5.91 Å². The van der Waals surface area contributed by atoms with Gasteiger partial charge >= 0.3 is 0 Å². The number of rotatable bonds is 6. The van der Waals surface area contributed by atoms with Crippen molar-refractivity contribution < 1.29 is 4.79 Å². The first-order valence-electron chi connectivity index (χ1n) is 7.41. The fourth-order valence-electron chi connectivity index (χ4n) is 2.05. The topological polar surface area (TPSA) is 41.1 Å². The zero-order valence-corrected chi connectivity index (χ0v) is 13.4. The maximum atomic E-state index is 12.0. The molecule has 0 saturated carbocycles. The Morgan fingerprint density at radius 1 is 1.20 bits per heavy atom. The molecule has 3 nitrogen and oxygen atoms in total. The van der Waals surface area contributed by atoms with E-state index >= 15 is 0 Å². The van der Waals surface area contributed by atoms with Crippen LogP contribution in [-0.4, -0.2) is 19.0 Å². The summed E-state index contributed by atoms with van der Waals surface area (Å²) in [5.74, 6) is 0.678. The lowest BCUT2D eigenvalue weighted by atomic mass is 9.86. The van der Waals surface area contributed by atoms with Crippen LogP contribution in [0.1, 0.15) is 46.6 Å². The van der Waals surface area contributed by atoms with Gasteiger partial charge in [-0.15, -0.1) is 0 Å². The van der Waals surface area contributed by atoms with Crippen LogP contribution in [0.4, 0.5) is 5.69 Å². The van der Waals surface area contributed by atoms with Gasteiger partial charge in [0.25, 0.3) is 0 Å². The Kier molecular flexibility index (Phi) is 6.21. The van der Waals surface area contributed by atoms with Crippen molar-refractivity contribution in [3.63, 3.8) is 0 Å². The summed E-state index contributed by atoms with van der Waals surface area (Å²) in [6.07, 6.45) is 0.505. The minimum absolute atomic E-state index is 0.0275. The number of benzene rings is 1. The van der Waals surface area contributed by atoms with E-state index in [-0.39, 0.29) is 11.3 Å². The molecule has 0 radical (unpaired) electrons. The van der Waals surface area contributed by atoms with Crippen molar-refractivity contribution in [1.82, 2.24) is 5.32 Å². The Morgan fingerprint density at radius 2 is 1.85 bits per heavy atom. The molecule has 0 saturated heterocycles. The molecule has 0 fully saturated rings. The zero-order chi connectivity index (χ0) is 15.2. The average molecular weight is 276 g/mol. The highest BCUT2D eigenvalue weighted by Crippen LogP contribution is 2.29. The standard InChI is InChI=1S/C17H28N2O/c1-13(2)12-18-11-10-16(20)19-15-9-7-6-8-14(15)17(3,4)5/h6-9,13,18H,10-12H2,1-5H3,(H,19,20). The van der Waals surface area contributed by atoms with E-state index in [1.54, 1.807) is 0 Å². The molecular weight excluding hydrogens is 248 g/mol. The van der Waals surface area contributed by atoms with Crippen molar-refractivity contribution in [1.29, 1.82) is 0 Å². The molecule has 1 rings (SSSR count). The number of amides is 1. The van der Waals surface area contributed by atoms with E-state index in [0.717, 1.165) is 18.8 Å². The van der Waals surface area contributed by atoms with E-state index in [1.165, 1.54) is 5.56 Å². The predicted molar refractivity (Wildman–Crippen MR) is 86.1 cm³/mol. The third-order valence-electron chi connectivity index (χ3n) is 3.09. The zero-order valence-electron chi connectivity index (χ0n) is 13.4. The lowest BCUT2D eigenvalue weighted by molar-refractivity contribution is -0.116. The molecule has 0 bridgehead atoms. The van der Waals surface area contributed by atoms with Crippen molar-refractivity contribution >= 4 is 11.6 Å². The molecule has 0 heterocycles. The summed E-state index contributed by atoms with van der Waals surface area (Å²) in [5.41, 5.74) is 2.12. The van der Waals surface area contributed by atoms with Crippen molar-refractivity contribution in [2.45, 2.75) is 46.5 Å². The lowest BCUT2D eigenvalue weighted by Crippen LogP contribution is -2.25. The lowest BCUT2D eigenvalue weighted by Gasteiger charge is -2.23. The van der Waals surface area contributed by atoms with Gasteiger partial charge in [-0.3, -0.25) is 4.79 Å². The number of hydrogen-bond donors (Lipinski definition) is 2. The molecule has 0 aromatic heterocycles. The van der Waals surface area contributed by atoms with Crippen molar-refractivity contribution in [3.05, 3.63) is 29.8 Å². The summed E-state index contributed by atoms with van der Waals surface area (Å²) in [4.78, 5) is 12.0. The average Bonchev–Trinajstić information content (AvgIpc) is 2.34. The third-order valence-corrected chi connectivity index (χ3v) is 3.09. The number of nitrogens with one attached hydrogen (secondary N) is 2. The Morgan fingerprint density at radius 3 is 2.45 bits per heavy atom. The summed E-state index contributed by atoms with van der Waals surface area (Å²) in [6, 6.07) is 8.02. The predicted octanol–water partition coefficient (Wildman–Crippen LogP) is 3.56. The molecule has 1 aromatic rings. The Labute approximate surface area is 123 Å². The van der Waals surface area contributed by atoms with E-state index in [2.05, 4.69) is 51.3 Å². The van der Waals surface area contributed by atoms with E-state index in [0.29, 0.717) is 12.3 Å². The van der Waals surface area contributed by atoms with Crippen LogP contribution in [0.25, 0.3) is 0 Å². The van der Waals surface area contributed by atoms with Gasteiger partial charge in [0, 0.05) is 18.7 Å². The Bertz CT molecular complexity index is 433. The molecule has 0 aliphatic carbocycles. The quantitative estimate of drug-likeness (QED) is 0.780. The van der Waals surface area contributed by atoms with Crippen molar-refractivity contribution in [2.75, 3.05) is 18.4 Å². The molecule has 112 valence electrons. The molecule has 1 aromatic carbocycles. The van der Waals surface area contributed by atoms with Gasteiger partial charge in [0.05, 0.1) is 0 Å². The van der Waals surface area contributed by atoms with Crippen LogP contribution in [0.15, 0.2) is 24.3 Å². The molecule has 0 atom stereocenters. The molecule has 1 amide bonds. The molecule has 0 unspecified atom stereocenters. The molecule has 0 spiro atoms. The largest absolute Gasteiger partial charge is 0.326 e. The summed E-state index contributed by atoms with van der Waals surface area (Å²) in [7, 11) is 0. The van der Waals surface area contributed by atoms with Crippen LogP contribution in [0, 0.1) is 5.92 Å². The first kappa shape index (κ1) is 16.7. The molecule has 20 heavy (non-hydrogen) atoms. The third kappa shape index (κ3) is 5.74. The minimum Gasteiger partial charge on any atom is -0.326 e. The number of carbonyl (C=O) groups is 1. The Balaban J connectivity index is 2.54. The summed E-state index contributed by atoms with van der Waals surface area (Å²) >= 11 is 0. The maximum absolute atomic E-state index is 12.0. The van der Waals surface area contributed by atoms with Crippen LogP contribution < -0.4 is 10.6 Å². The first-order chi connectivity index (χ1) is 9.30. The van der Waals surface area contributed by atoms with Gasteiger partial charge < -0.3 is 10.6 Å². The molecule has 0 aliphatic heterocycles. The smallest absolute Gasteiger partial charge is 0.225 e.